The van der Waals surface area contributed by atoms with Crippen molar-refractivity contribution in [3.63, 3.8) is 0 Å². The minimum absolute atomic E-state index is 0.139. The van der Waals surface area contributed by atoms with Gasteiger partial charge in [-0.15, -0.1) is 0 Å². The second kappa shape index (κ2) is 6.27. The number of halogens is 1. The van der Waals surface area contributed by atoms with E-state index >= 15 is 0 Å². The van der Waals surface area contributed by atoms with Crippen molar-refractivity contribution < 1.29 is 4.74 Å². The Morgan fingerprint density at radius 1 is 1.35 bits per heavy atom. The molecule has 0 saturated carbocycles. The van der Waals surface area contributed by atoms with Crippen molar-refractivity contribution in [1.29, 1.82) is 0 Å². The third-order valence-electron chi connectivity index (χ3n) is 3.00. The summed E-state index contributed by atoms with van der Waals surface area (Å²) in [6.07, 6.45) is 1.87. The molecular weight excluding hydrogens is 234 g/mol. The van der Waals surface area contributed by atoms with Gasteiger partial charge in [-0.25, -0.2) is 0 Å². The van der Waals surface area contributed by atoms with Gasteiger partial charge < -0.3 is 10.5 Å². The molecule has 0 aliphatic carbocycles. The summed E-state index contributed by atoms with van der Waals surface area (Å²) < 4.78 is 5.73. The summed E-state index contributed by atoms with van der Waals surface area (Å²) in [4.78, 5) is 0. The first kappa shape index (κ1) is 14.3. The lowest BCUT2D eigenvalue weighted by atomic mass is 9.90. The van der Waals surface area contributed by atoms with E-state index < -0.39 is 0 Å². The summed E-state index contributed by atoms with van der Waals surface area (Å²) in [5, 5.41) is 0.808. The first-order valence-corrected chi connectivity index (χ1v) is 6.47. The van der Waals surface area contributed by atoms with E-state index in [1.807, 2.05) is 18.2 Å². The van der Waals surface area contributed by atoms with Crippen LogP contribution in [0.25, 0.3) is 0 Å². The van der Waals surface area contributed by atoms with Crippen LogP contribution in [0.2, 0.25) is 5.02 Å². The van der Waals surface area contributed by atoms with Gasteiger partial charge in [-0.1, -0.05) is 32.4 Å². The largest absolute Gasteiger partial charge is 0.494 e. The molecule has 2 N–H and O–H groups in total. The lowest BCUT2D eigenvalue weighted by Crippen LogP contribution is -2.25. The van der Waals surface area contributed by atoms with Gasteiger partial charge in [0.2, 0.25) is 0 Å². The highest BCUT2D eigenvalue weighted by Crippen LogP contribution is 2.24. The van der Waals surface area contributed by atoms with E-state index in [2.05, 4.69) is 20.8 Å². The van der Waals surface area contributed by atoms with Crippen molar-refractivity contribution in [2.45, 2.75) is 33.6 Å². The Hall–Kier alpha value is -0.730. The summed E-state index contributed by atoms with van der Waals surface area (Å²) >= 11 is 6.05. The average Bonchev–Trinajstić information content (AvgIpc) is 2.31. The highest BCUT2D eigenvalue weighted by atomic mass is 35.5. The van der Waals surface area contributed by atoms with E-state index in [9.17, 15) is 0 Å². The summed E-state index contributed by atoms with van der Waals surface area (Å²) in [5.41, 5.74) is 6.94. The zero-order valence-corrected chi connectivity index (χ0v) is 11.7. The fraction of sp³-hybridized carbons (Fsp3) is 0.571. The van der Waals surface area contributed by atoms with Crippen molar-refractivity contribution in [3.05, 3.63) is 28.8 Å². The fourth-order valence-electron chi connectivity index (χ4n) is 1.46. The van der Waals surface area contributed by atoms with Gasteiger partial charge in [0.1, 0.15) is 5.75 Å². The zero-order chi connectivity index (χ0) is 12.9. The first-order chi connectivity index (χ1) is 7.98. The predicted molar refractivity (Wildman–Crippen MR) is 73.8 cm³/mol. The van der Waals surface area contributed by atoms with Crippen LogP contribution < -0.4 is 10.5 Å². The fourth-order valence-corrected chi connectivity index (χ4v) is 1.71. The van der Waals surface area contributed by atoms with Gasteiger partial charge in [-0.2, -0.15) is 0 Å². The molecule has 0 bridgehead atoms. The van der Waals surface area contributed by atoms with Crippen molar-refractivity contribution >= 4 is 11.6 Å². The van der Waals surface area contributed by atoms with E-state index in [1.165, 1.54) is 0 Å². The summed E-state index contributed by atoms with van der Waals surface area (Å²) in [5.74, 6) is 0.888. The summed E-state index contributed by atoms with van der Waals surface area (Å²) in [6.45, 7) is 7.75. The van der Waals surface area contributed by atoms with Crippen LogP contribution in [0.4, 0.5) is 0 Å². The van der Waals surface area contributed by atoms with Gasteiger partial charge in [0.15, 0.2) is 0 Å². The second-order valence-corrected chi connectivity index (χ2v) is 5.48. The molecule has 2 nitrogen and oxygen atoms in total. The highest BCUT2D eigenvalue weighted by molar-refractivity contribution is 6.31. The Morgan fingerprint density at radius 3 is 2.65 bits per heavy atom. The topological polar surface area (TPSA) is 35.2 Å². The van der Waals surface area contributed by atoms with Crippen molar-refractivity contribution in [2.24, 2.45) is 11.1 Å². The number of ether oxygens (including phenoxy) is 1. The maximum atomic E-state index is 6.05. The molecule has 0 aliphatic heterocycles. The van der Waals surface area contributed by atoms with Crippen LogP contribution in [0.5, 0.6) is 5.75 Å². The molecule has 0 aromatic heterocycles. The number of aryl methyl sites for hydroxylation is 1. The monoisotopic (exact) mass is 255 g/mol. The first-order valence-electron chi connectivity index (χ1n) is 6.10. The van der Waals surface area contributed by atoms with E-state index in [0.717, 1.165) is 29.2 Å². The summed E-state index contributed by atoms with van der Waals surface area (Å²) in [7, 11) is 0. The van der Waals surface area contributed by atoms with Crippen LogP contribution in [-0.4, -0.2) is 13.2 Å². The van der Waals surface area contributed by atoms with Crippen molar-refractivity contribution in [2.75, 3.05) is 13.2 Å². The van der Waals surface area contributed by atoms with Crippen LogP contribution >= 0.6 is 11.6 Å². The van der Waals surface area contributed by atoms with Gasteiger partial charge in [0.25, 0.3) is 0 Å². The smallest absolute Gasteiger partial charge is 0.119 e. The molecule has 3 heteroatoms. The van der Waals surface area contributed by atoms with Gasteiger partial charge >= 0.3 is 0 Å². The average molecular weight is 256 g/mol. The molecule has 0 fully saturated rings. The number of nitrogens with two attached hydrogens (primary N) is 1. The standard InChI is InChI=1S/C14H22ClNO/c1-4-11-9-12(5-6-13(11)15)17-8-7-14(2,3)10-16/h5-6,9H,4,7-8,10,16H2,1-3H3. The quantitative estimate of drug-likeness (QED) is 0.842. The van der Waals surface area contributed by atoms with Crippen LogP contribution in [0, 0.1) is 5.41 Å². The molecule has 0 aliphatic rings. The highest BCUT2D eigenvalue weighted by Gasteiger charge is 2.15. The minimum atomic E-state index is 0.139. The molecule has 0 atom stereocenters. The maximum Gasteiger partial charge on any atom is 0.119 e. The van der Waals surface area contributed by atoms with E-state index in [-0.39, 0.29) is 5.41 Å². The molecule has 0 amide bonds. The molecule has 17 heavy (non-hydrogen) atoms. The van der Waals surface area contributed by atoms with Gasteiger partial charge in [-0.05, 0) is 48.6 Å². The Labute approximate surface area is 109 Å². The molecule has 0 saturated heterocycles. The zero-order valence-electron chi connectivity index (χ0n) is 10.9. The van der Waals surface area contributed by atoms with Crippen LogP contribution in [0.15, 0.2) is 18.2 Å². The number of hydrogen-bond donors (Lipinski definition) is 1. The second-order valence-electron chi connectivity index (χ2n) is 5.07. The van der Waals surface area contributed by atoms with E-state index in [0.29, 0.717) is 13.2 Å². The van der Waals surface area contributed by atoms with Crippen LogP contribution in [0.3, 0.4) is 0 Å². The molecule has 1 rings (SSSR count). The lowest BCUT2D eigenvalue weighted by Gasteiger charge is -2.22. The molecule has 0 unspecified atom stereocenters. The Kier molecular flexibility index (Phi) is 5.29. The van der Waals surface area contributed by atoms with Crippen LogP contribution in [0.1, 0.15) is 32.8 Å². The third-order valence-corrected chi connectivity index (χ3v) is 3.37. The van der Waals surface area contributed by atoms with Crippen LogP contribution in [-0.2, 0) is 6.42 Å². The number of benzene rings is 1. The SMILES string of the molecule is CCc1cc(OCCC(C)(C)CN)ccc1Cl. The van der Waals surface area contributed by atoms with Gasteiger partial charge in [0.05, 0.1) is 6.61 Å². The van der Waals surface area contributed by atoms with Gasteiger partial charge in [-0.3, -0.25) is 0 Å². The van der Waals surface area contributed by atoms with Crippen molar-refractivity contribution in [1.82, 2.24) is 0 Å². The number of hydrogen-bond acceptors (Lipinski definition) is 2. The maximum absolute atomic E-state index is 6.05. The van der Waals surface area contributed by atoms with E-state index in [4.69, 9.17) is 22.1 Å². The molecule has 96 valence electrons. The minimum Gasteiger partial charge on any atom is -0.494 e. The molecule has 0 radical (unpaired) electrons. The Bertz CT molecular complexity index is 363. The lowest BCUT2D eigenvalue weighted by molar-refractivity contribution is 0.233. The molecule has 1 aromatic carbocycles. The Morgan fingerprint density at radius 2 is 2.06 bits per heavy atom. The summed E-state index contributed by atoms with van der Waals surface area (Å²) in [6, 6.07) is 5.82. The normalized spacial score (nSPS) is 11.6. The Balaban J connectivity index is 2.53. The number of rotatable bonds is 6. The third kappa shape index (κ3) is 4.57. The van der Waals surface area contributed by atoms with E-state index in [1.54, 1.807) is 0 Å². The molecular formula is C14H22ClNO. The van der Waals surface area contributed by atoms with Crippen molar-refractivity contribution in [3.8, 4) is 5.75 Å². The predicted octanol–water partition coefficient (Wildman–Crippen LogP) is 3.66. The molecule has 0 spiro atoms. The van der Waals surface area contributed by atoms with Gasteiger partial charge in [0, 0.05) is 5.02 Å². The molecule has 1 aromatic rings. The molecule has 0 heterocycles.